The van der Waals surface area contributed by atoms with Gasteiger partial charge in [-0.25, -0.2) is 28.8 Å². The summed E-state index contributed by atoms with van der Waals surface area (Å²) in [4.78, 5) is 165. The highest BCUT2D eigenvalue weighted by Crippen LogP contribution is 2.19. The van der Waals surface area contributed by atoms with E-state index in [0.29, 0.717) is 0 Å². The van der Waals surface area contributed by atoms with Gasteiger partial charge >= 0.3 is 35.8 Å². The molecule has 24 heteroatoms. The number of amides is 6. The van der Waals surface area contributed by atoms with Crippen molar-refractivity contribution in [2.24, 2.45) is 53.3 Å². The third-order valence-electron chi connectivity index (χ3n) is 12.6. The summed E-state index contributed by atoms with van der Waals surface area (Å²) >= 11 is 0. The lowest BCUT2D eigenvalue weighted by Gasteiger charge is -2.30. The Morgan fingerprint density at radius 3 is 0.513 bits per heavy atom. The Hall–Kier alpha value is -6.36. The second-order valence-electron chi connectivity index (χ2n) is 22.9. The van der Waals surface area contributed by atoms with Crippen LogP contribution in [0.4, 0.5) is 0 Å². The van der Waals surface area contributed by atoms with E-state index in [9.17, 15) is 57.5 Å². The Bertz CT molecular complexity index is 1890. The fourth-order valence-corrected chi connectivity index (χ4v) is 7.48. The van der Waals surface area contributed by atoms with E-state index in [2.05, 4.69) is 31.9 Å². The van der Waals surface area contributed by atoms with Crippen molar-refractivity contribution in [1.29, 1.82) is 0 Å². The topological polar surface area (TPSA) is 332 Å². The average molecular weight is 1110 g/mol. The summed E-state index contributed by atoms with van der Waals surface area (Å²) in [5.74, 6) is -17.8. The zero-order chi connectivity index (χ0) is 60.5. The predicted octanol–water partition coefficient (Wildman–Crippen LogP) is 2.34. The number of carbonyl (C=O) groups excluding carboxylic acids is 12. The van der Waals surface area contributed by atoms with Crippen LogP contribution in [0.1, 0.15) is 145 Å². The quantitative estimate of drug-likeness (QED) is 0.143. The highest BCUT2D eigenvalue weighted by molar-refractivity contribution is 5.96. The molecule has 1 saturated heterocycles. The molecule has 6 N–H and O–H groups in total. The number of nitrogens with one attached hydrogen (secondary N) is 6. The smallest absolute Gasteiger partial charge is 0.329 e. The van der Waals surface area contributed by atoms with Crippen LogP contribution < -0.4 is 31.9 Å². The standard InChI is InChI=1S/C54H90N6O18/c1-22(2)34-49(67)73-31(19)43(61)55-38(26(9)10)53(71)77-41(29(15)16)47(65)59-36(24(5)6)51(69)75-33(21)45(63)57-39(27(11)12)54(72)78-42(30(17)18)48(66)60-35(23(3)4)50(68)74-32(20)44(62)56-37(25(7)8)52(70)76-40(28(13)14)46(64)58-34/h22-42H,1-21H3,(H,55,61)(H,56,62)(H,57,63)(H,58,64)(H,59,65)(H,60,66)/t31-,32-,33-,34+,35+,36+,37-,38-,39-,40+,41+,42+/m1/s1. The molecule has 1 fully saturated rings. The maximum absolute atomic E-state index is 13.9. The summed E-state index contributed by atoms with van der Waals surface area (Å²) in [7, 11) is 0. The van der Waals surface area contributed by atoms with Crippen molar-refractivity contribution in [3.8, 4) is 0 Å². The number of esters is 6. The maximum Gasteiger partial charge on any atom is 0.329 e. The van der Waals surface area contributed by atoms with Gasteiger partial charge in [-0.1, -0.05) is 125 Å². The third-order valence-corrected chi connectivity index (χ3v) is 12.6. The van der Waals surface area contributed by atoms with Gasteiger partial charge in [-0.15, -0.1) is 0 Å². The molecule has 78 heavy (non-hydrogen) atoms. The largest absolute Gasteiger partial charge is 0.451 e. The van der Waals surface area contributed by atoms with Gasteiger partial charge in [0.15, 0.2) is 36.6 Å². The summed E-state index contributed by atoms with van der Waals surface area (Å²) in [5.41, 5.74) is 0. The average Bonchev–Trinajstić information content (AvgIpc) is 3.31. The van der Waals surface area contributed by atoms with Gasteiger partial charge in [-0.3, -0.25) is 28.8 Å². The number of hydrogen-bond acceptors (Lipinski definition) is 18. The number of ether oxygens (including phenoxy) is 6. The molecule has 0 bridgehead atoms. The predicted molar refractivity (Wildman–Crippen MR) is 281 cm³/mol. The van der Waals surface area contributed by atoms with Gasteiger partial charge in [0, 0.05) is 0 Å². The van der Waals surface area contributed by atoms with E-state index in [1.165, 1.54) is 20.8 Å². The van der Waals surface area contributed by atoms with Crippen LogP contribution in [0.5, 0.6) is 0 Å². The highest BCUT2D eigenvalue weighted by atomic mass is 16.6. The molecule has 0 aromatic carbocycles. The fourth-order valence-electron chi connectivity index (χ4n) is 7.48. The second-order valence-corrected chi connectivity index (χ2v) is 22.9. The van der Waals surface area contributed by atoms with Crippen LogP contribution in [0.15, 0.2) is 0 Å². The molecular weight excluding hydrogens is 1020 g/mol. The number of hydrogen-bond donors (Lipinski definition) is 6. The summed E-state index contributed by atoms with van der Waals surface area (Å²) in [5, 5.41) is 15.1. The second kappa shape index (κ2) is 31.3. The molecular formula is C54H90N6O18. The monoisotopic (exact) mass is 1110 g/mol. The molecule has 0 aromatic heterocycles. The molecule has 0 spiro atoms. The number of cyclic esters (lactones) is 6. The summed E-state index contributed by atoms with van der Waals surface area (Å²) in [6.07, 6.45) is -9.25. The maximum atomic E-state index is 13.9. The first-order valence-electron chi connectivity index (χ1n) is 26.9. The minimum atomic E-state index is -1.55. The molecule has 0 unspecified atom stereocenters. The SMILES string of the molecule is CC(C)[C@@H]1NC(=O)[C@H](C(C)C)OC(=O)[C@@H](C(C)C)NC(=O)[C@@H](C)OC(=O)[C@H](C(C)C)NC(=O)[C@H](C(C)C)OC(=O)[C@@H](C(C)C)NC(=O)[C@@H](C)OC(=O)[C@H](C(C)C)NC(=O)[C@H](C(C)C)OC(=O)[C@@H](C(C)C)NC(=O)[C@@H](C)OC1=O. The Labute approximate surface area is 459 Å². The molecule has 0 saturated carbocycles. The molecule has 1 aliphatic rings. The van der Waals surface area contributed by atoms with Crippen LogP contribution in [0.3, 0.4) is 0 Å². The van der Waals surface area contributed by atoms with Crippen molar-refractivity contribution >= 4 is 71.3 Å². The van der Waals surface area contributed by atoms with Crippen LogP contribution in [0.2, 0.25) is 0 Å². The van der Waals surface area contributed by atoms with Gasteiger partial charge in [-0.05, 0) is 74.0 Å². The first-order valence-corrected chi connectivity index (χ1v) is 26.9. The van der Waals surface area contributed by atoms with Crippen LogP contribution >= 0.6 is 0 Å². The van der Waals surface area contributed by atoms with Crippen molar-refractivity contribution in [2.75, 3.05) is 0 Å². The normalized spacial score (nSPS) is 28.8. The van der Waals surface area contributed by atoms with Crippen LogP contribution in [-0.2, 0) is 86.0 Å². The van der Waals surface area contributed by atoms with E-state index in [4.69, 9.17) is 28.4 Å². The Kier molecular flexibility index (Phi) is 27.9. The van der Waals surface area contributed by atoms with Crippen molar-refractivity contribution in [1.82, 2.24) is 31.9 Å². The van der Waals surface area contributed by atoms with E-state index in [1.807, 2.05) is 0 Å². The Balaban J connectivity index is 3.87. The molecule has 24 nitrogen and oxygen atoms in total. The van der Waals surface area contributed by atoms with Crippen LogP contribution in [0.25, 0.3) is 0 Å². The van der Waals surface area contributed by atoms with Gasteiger partial charge in [0.1, 0.15) is 36.3 Å². The Morgan fingerprint density at radius 1 is 0.231 bits per heavy atom. The molecule has 1 heterocycles. The van der Waals surface area contributed by atoms with E-state index >= 15 is 0 Å². The van der Waals surface area contributed by atoms with E-state index in [-0.39, 0.29) is 0 Å². The zero-order valence-corrected chi connectivity index (χ0v) is 49.5. The number of carbonyl (C=O) groups is 12. The molecule has 1 aliphatic heterocycles. The van der Waals surface area contributed by atoms with Crippen LogP contribution in [0, 0.1) is 53.3 Å². The summed E-state index contributed by atoms with van der Waals surface area (Å²) < 4.78 is 33.5. The molecule has 0 aromatic rings. The number of rotatable bonds is 9. The van der Waals surface area contributed by atoms with Crippen molar-refractivity contribution in [3.63, 3.8) is 0 Å². The van der Waals surface area contributed by atoms with Crippen molar-refractivity contribution in [3.05, 3.63) is 0 Å². The first kappa shape index (κ1) is 69.7. The lowest BCUT2D eigenvalue weighted by atomic mass is 10.0. The zero-order valence-electron chi connectivity index (χ0n) is 49.5. The first-order chi connectivity index (χ1) is 35.9. The third kappa shape index (κ3) is 20.8. The van der Waals surface area contributed by atoms with Gasteiger partial charge in [-0.2, -0.15) is 0 Å². The molecule has 1 rings (SSSR count). The van der Waals surface area contributed by atoms with Crippen molar-refractivity contribution in [2.45, 2.75) is 218 Å². The minimum absolute atomic E-state index is 0.647. The van der Waals surface area contributed by atoms with Gasteiger partial charge in [0.2, 0.25) is 0 Å². The van der Waals surface area contributed by atoms with Crippen molar-refractivity contribution < 1.29 is 86.0 Å². The van der Waals surface area contributed by atoms with E-state index < -0.39 is 197 Å². The highest BCUT2D eigenvalue weighted by Gasteiger charge is 2.42. The fraction of sp³-hybridized carbons (Fsp3) is 0.778. The lowest BCUT2D eigenvalue weighted by Crippen LogP contribution is -2.56. The molecule has 0 radical (unpaired) electrons. The molecule has 0 aliphatic carbocycles. The van der Waals surface area contributed by atoms with E-state index in [1.54, 1.807) is 125 Å². The molecule has 6 amide bonds. The van der Waals surface area contributed by atoms with Gasteiger partial charge in [0.05, 0.1) is 0 Å². The summed E-state index contributed by atoms with van der Waals surface area (Å²) in [6.45, 7) is 32.1. The molecule has 444 valence electrons. The Morgan fingerprint density at radius 2 is 0.372 bits per heavy atom. The lowest BCUT2D eigenvalue weighted by molar-refractivity contribution is -0.167. The van der Waals surface area contributed by atoms with Gasteiger partial charge in [0.25, 0.3) is 35.4 Å². The van der Waals surface area contributed by atoms with E-state index in [0.717, 1.165) is 0 Å². The minimum Gasteiger partial charge on any atom is -0.451 e. The van der Waals surface area contributed by atoms with Gasteiger partial charge < -0.3 is 60.3 Å². The summed E-state index contributed by atoms with van der Waals surface area (Å²) in [6, 6.07) is -8.38. The molecule has 12 atom stereocenters. The van der Waals surface area contributed by atoms with Crippen LogP contribution in [-0.4, -0.2) is 144 Å².